The monoisotopic (exact) mass is 667 g/mol. The Bertz CT molecular complexity index is 2910. The van der Waals surface area contributed by atoms with E-state index in [0.29, 0.717) is 0 Å². The fourth-order valence-electron chi connectivity index (χ4n) is 8.47. The van der Waals surface area contributed by atoms with Crippen molar-refractivity contribution in [2.75, 3.05) is 0 Å². The second kappa shape index (κ2) is 11.4. The van der Waals surface area contributed by atoms with Crippen molar-refractivity contribution in [1.82, 2.24) is 14.5 Å². The van der Waals surface area contributed by atoms with Crippen LogP contribution in [0.25, 0.3) is 66.1 Å². The molecule has 9 aromatic rings. The van der Waals surface area contributed by atoms with Crippen LogP contribution in [0.4, 0.5) is 0 Å². The van der Waals surface area contributed by atoms with Crippen LogP contribution in [0.5, 0.6) is 0 Å². The van der Waals surface area contributed by atoms with E-state index in [9.17, 15) is 0 Å². The highest BCUT2D eigenvalue weighted by Crippen LogP contribution is 2.44. The summed E-state index contributed by atoms with van der Waals surface area (Å²) in [6.45, 7) is 0. The van der Waals surface area contributed by atoms with E-state index in [1.165, 1.54) is 60.0 Å². The van der Waals surface area contributed by atoms with Crippen LogP contribution in [0.15, 0.2) is 168 Å². The van der Waals surface area contributed by atoms with Crippen LogP contribution in [-0.2, 0) is 6.42 Å². The number of amidine groups is 2. The molecule has 2 aliphatic rings. The zero-order valence-corrected chi connectivity index (χ0v) is 28.4. The van der Waals surface area contributed by atoms with E-state index < -0.39 is 6.29 Å². The summed E-state index contributed by atoms with van der Waals surface area (Å²) in [7, 11) is 0. The van der Waals surface area contributed by atoms with Crippen molar-refractivity contribution in [3.8, 4) is 5.69 Å². The first-order valence-electron chi connectivity index (χ1n) is 18.0. The van der Waals surface area contributed by atoms with Gasteiger partial charge in [0.2, 0.25) is 6.29 Å². The highest BCUT2D eigenvalue weighted by Gasteiger charge is 2.27. The zero-order chi connectivity index (χ0) is 34.2. The van der Waals surface area contributed by atoms with Gasteiger partial charge in [-0.2, -0.15) is 0 Å². The molecule has 1 N–H and O–H groups in total. The van der Waals surface area contributed by atoms with Gasteiger partial charge in [-0.1, -0.05) is 140 Å². The van der Waals surface area contributed by atoms with Crippen molar-refractivity contribution in [3.63, 3.8) is 0 Å². The Labute approximate surface area is 300 Å². The lowest BCUT2D eigenvalue weighted by molar-refractivity contribution is 0.574. The fraction of sp³-hybridized carbons (Fsp3) is 0.0638. The summed E-state index contributed by atoms with van der Waals surface area (Å²) in [5, 5.41) is 10.9. The summed E-state index contributed by atoms with van der Waals surface area (Å²) in [5.41, 5.74) is 10.6. The van der Waals surface area contributed by atoms with Crippen molar-refractivity contribution in [3.05, 3.63) is 180 Å². The van der Waals surface area contributed by atoms with Gasteiger partial charge in [-0.05, 0) is 53.6 Å². The number of aliphatic imine (C=N–C) groups is 2. The third-order valence-corrected chi connectivity index (χ3v) is 10.8. The van der Waals surface area contributed by atoms with E-state index in [0.717, 1.165) is 46.8 Å². The van der Waals surface area contributed by atoms with Crippen molar-refractivity contribution < 1.29 is 0 Å². The summed E-state index contributed by atoms with van der Waals surface area (Å²) in [6.07, 6.45) is 6.02. The lowest BCUT2D eigenvalue weighted by Gasteiger charge is -2.25. The van der Waals surface area contributed by atoms with Crippen LogP contribution in [0.3, 0.4) is 0 Å². The SMILES string of the molecule is C1=Cc2ccc3c4cc5c(cc4n(C4N=C(c6ccccc6)NC(c6ccccc6)=N4)c3c2CC1)c1ccc2ccccc2c1n5-c1ccccc1. The normalized spacial score (nSPS) is 14.6. The fourth-order valence-corrected chi connectivity index (χ4v) is 8.47. The summed E-state index contributed by atoms with van der Waals surface area (Å²) < 4.78 is 4.88. The smallest absolute Gasteiger partial charge is 0.224 e. The van der Waals surface area contributed by atoms with Crippen LogP contribution < -0.4 is 5.32 Å². The van der Waals surface area contributed by atoms with Gasteiger partial charge in [0.1, 0.15) is 11.7 Å². The molecular formula is C47H33N5. The first-order valence-corrected chi connectivity index (χ1v) is 18.0. The molecule has 246 valence electrons. The predicted molar refractivity (Wildman–Crippen MR) is 217 cm³/mol. The third-order valence-electron chi connectivity index (χ3n) is 10.8. The average Bonchev–Trinajstić information content (AvgIpc) is 3.73. The number of benzene rings is 7. The molecule has 0 unspecified atom stereocenters. The van der Waals surface area contributed by atoms with Gasteiger partial charge in [-0.15, -0.1) is 0 Å². The second-order valence-corrected chi connectivity index (χ2v) is 13.7. The summed E-state index contributed by atoms with van der Waals surface area (Å²) in [6, 6.07) is 54.3. The standard InChI is InChI=1S/C47H33N5/c1-4-16-32(17-5-1)45-48-46(33-18-6-2-7-19-33)50-47(49-45)52-42-29-39-37-26-24-30-14-10-12-22-35(30)43(37)51(34-20-8-3-9-21-34)41(39)28-40(42)38-27-25-31-15-11-13-23-36(31)44(38)52/h1-12,14-22,24-29,47H,13,23H2,(H,48,49,50). The molecular weight excluding hydrogens is 635 g/mol. The van der Waals surface area contributed by atoms with Gasteiger partial charge < -0.3 is 9.88 Å². The van der Waals surface area contributed by atoms with E-state index in [1.54, 1.807) is 0 Å². The Balaban J connectivity index is 1.28. The van der Waals surface area contributed by atoms with Gasteiger partial charge >= 0.3 is 0 Å². The predicted octanol–water partition coefficient (Wildman–Crippen LogP) is 11.0. The molecule has 2 aromatic heterocycles. The van der Waals surface area contributed by atoms with Gasteiger partial charge in [-0.3, -0.25) is 4.57 Å². The maximum absolute atomic E-state index is 5.41. The van der Waals surface area contributed by atoms with E-state index in [4.69, 9.17) is 9.98 Å². The van der Waals surface area contributed by atoms with Gasteiger partial charge in [-0.25, -0.2) is 9.98 Å². The number of nitrogens with one attached hydrogen (secondary N) is 1. The molecule has 52 heavy (non-hydrogen) atoms. The lowest BCUT2D eigenvalue weighted by atomic mass is 9.94. The minimum Gasteiger partial charge on any atom is -0.324 e. The molecule has 1 aliphatic heterocycles. The topological polar surface area (TPSA) is 46.6 Å². The van der Waals surface area contributed by atoms with Crippen LogP contribution >= 0.6 is 0 Å². The molecule has 11 rings (SSSR count). The molecule has 0 spiro atoms. The van der Waals surface area contributed by atoms with E-state index >= 15 is 0 Å². The quantitative estimate of drug-likeness (QED) is 0.199. The number of aryl methyl sites for hydroxylation is 1. The zero-order valence-electron chi connectivity index (χ0n) is 28.4. The third kappa shape index (κ3) is 4.36. The lowest BCUT2D eigenvalue weighted by Crippen LogP contribution is -2.36. The Morgan fingerprint density at radius 2 is 1.15 bits per heavy atom. The summed E-state index contributed by atoms with van der Waals surface area (Å²) >= 11 is 0. The first kappa shape index (κ1) is 29.1. The maximum atomic E-state index is 5.41. The van der Waals surface area contributed by atoms with Gasteiger partial charge in [0.05, 0.1) is 22.1 Å². The van der Waals surface area contributed by atoms with Gasteiger partial charge in [0.15, 0.2) is 0 Å². The Morgan fingerprint density at radius 3 is 1.90 bits per heavy atom. The van der Waals surface area contributed by atoms with Crippen LogP contribution in [-0.4, -0.2) is 20.8 Å². The van der Waals surface area contributed by atoms with E-state index in [2.05, 4.69) is 166 Å². The van der Waals surface area contributed by atoms with Crippen molar-refractivity contribution in [2.24, 2.45) is 9.98 Å². The number of rotatable bonds is 4. The molecule has 0 atom stereocenters. The van der Waals surface area contributed by atoms with Gasteiger partial charge in [0, 0.05) is 43.7 Å². The highest BCUT2D eigenvalue weighted by molar-refractivity contribution is 6.23. The number of para-hydroxylation sites is 1. The Hall–Kier alpha value is -6.72. The average molecular weight is 668 g/mol. The number of hydrogen-bond donors (Lipinski definition) is 1. The molecule has 0 saturated carbocycles. The van der Waals surface area contributed by atoms with E-state index in [-0.39, 0.29) is 0 Å². The molecule has 3 heterocycles. The van der Waals surface area contributed by atoms with E-state index in [1.807, 2.05) is 12.1 Å². The maximum Gasteiger partial charge on any atom is 0.224 e. The molecule has 5 heteroatoms. The molecule has 0 radical (unpaired) electrons. The van der Waals surface area contributed by atoms with Crippen LogP contribution in [0.2, 0.25) is 0 Å². The molecule has 1 aliphatic carbocycles. The Morgan fingerprint density at radius 1 is 0.538 bits per heavy atom. The number of hydrogen-bond acceptors (Lipinski definition) is 3. The number of nitrogens with zero attached hydrogens (tertiary/aromatic N) is 4. The minimum atomic E-state index is -0.523. The van der Waals surface area contributed by atoms with Crippen molar-refractivity contribution >= 4 is 72.1 Å². The van der Waals surface area contributed by atoms with Crippen LogP contribution in [0.1, 0.15) is 35.0 Å². The minimum absolute atomic E-state index is 0.523. The first-order chi connectivity index (χ1) is 25.8. The van der Waals surface area contributed by atoms with Crippen molar-refractivity contribution in [1.29, 1.82) is 0 Å². The van der Waals surface area contributed by atoms with Gasteiger partial charge in [0.25, 0.3) is 0 Å². The number of fused-ring (bicyclic) bond motifs is 10. The molecule has 5 nitrogen and oxygen atoms in total. The molecule has 7 aromatic carbocycles. The molecule has 0 saturated heterocycles. The number of aromatic nitrogens is 2. The summed E-state index contributed by atoms with van der Waals surface area (Å²) in [4.78, 5) is 10.8. The highest BCUT2D eigenvalue weighted by atomic mass is 15.3. The largest absolute Gasteiger partial charge is 0.324 e. The van der Waals surface area contributed by atoms with Crippen LogP contribution in [0, 0.1) is 0 Å². The second-order valence-electron chi connectivity index (χ2n) is 13.7. The molecule has 0 fully saturated rings. The number of allylic oxidation sites excluding steroid dienone is 1. The summed E-state index contributed by atoms with van der Waals surface area (Å²) in [5.74, 6) is 1.62. The van der Waals surface area contributed by atoms with Crippen molar-refractivity contribution in [2.45, 2.75) is 19.1 Å². The molecule has 0 amide bonds. The molecule has 0 bridgehead atoms. The Kier molecular flexibility index (Phi) is 6.37.